The third-order valence-electron chi connectivity index (χ3n) is 3.99. The topological polar surface area (TPSA) is 23.6 Å². The van der Waals surface area contributed by atoms with E-state index in [0.29, 0.717) is 6.04 Å². The van der Waals surface area contributed by atoms with Gasteiger partial charge in [-0.3, -0.25) is 9.69 Å². The molecule has 1 aromatic carbocycles. The predicted molar refractivity (Wildman–Crippen MR) is 66.8 cm³/mol. The quantitative estimate of drug-likeness (QED) is 0.677. The standard InChI is InChI=1S/C14H18N2O/c1-15-12-6-4-8-16(10-12)9-11-5-2-3-7-13(11)14(15)17/h2-3,5,7,12H,4,6,8-10H2,1H3/t12-/m0/s1. The zero-order chi connectivity index (χ0) is 11.8. The Morgan fingerprint density at radius 1 is 1.29 bits per heavy atom. The van der Waals surface area contributed by atoms with Crippen LogP contribution in [0, 0.1) is 0 Å². The zero-order valence-electron chi connectivity index (χ0n) is 10.2. The van der Waals surface area contributed by atoms with Crippen LogP contribution in [0.2, 0.25) is 0 Å². The summed E-state index contributed by atoms with van der Waals surface area (Å²) in [7, 11) is 1.94. The average molecular weight is 230 g/mol. The van der Waals surface area contributed by atoms with Gasteiger partial charge < -0.3 is 4.90 Å². The maximum atomic E-state index is 12.4. The van der Waals surface area contributed by atoms with Gasteiger partial charge in [-0.05, 0) is 31.0 Å². The molecule has 2 aliphatic heterocycles. The van der Waals surface area contributed by atoms with Gasteiger partial charge in [-0.15, -0.1) is 0 Å². The Labute approximate surface area is 102 Å². The fourth-order valence-electron chi connectivity index (χ4n) is 2.95. The van der Waals surface area contributed by atoms with Crippen LogP contribution in [-0.2, 0) is 6.54 Å². The van der Waals surface area contributed by atoms with Crippen molar-refractivity contribution in [1.82, 2.24) is 9.80 Å². The van der Waals surface area contributed by atoms with Crippen molar-refractivity contribution in [1.29, 1.82) is 0 Å². The molecule has 3 nitrogen and oxygen atoms in total. The summed E-state index contributed by atoms with van der Waals surface area (Å²) < 4.78 is 0. The van der Waals surface area contributed by atoms with Crippen LogP contribution in [0.4, 0.5) is 0 Å². The van der Waals surface area contributed by atoms with Crippen LogP contribution in [0.25, 0.3) is 0 Å². The van der Waals surface area contributed by atoms with E-state index < -0.39 is 0 Å². The molecule has 90 valence electrons. The molecule has 17 heavy (non-hydrogen) atoms. The van der Waals surface area contributed by atoms with Gasteiger partial charge in [0.15, 0.2) is 0 Å². The minimum atomic E-state index is 0.187. The van der Waals surface area contributed by atoms with Crippen molar-refractivity contribution in [2.45, 2.75) is 25.4 Å². The Bertz CT molecular complexity index is 444. The molecule has 0 aliphatic carbocycles. The predicted octanol–water partition coefficient (Wildman–Crippen LogP) is 1.74. The lowest BCUT2D eigenvalue weighted by Gasteiger charge is -2.40. The molecule has 2 bridgehead atoms. The molecule has 1 saturated heterocycles. The summed E-state index contributed by atoms with van der Waals surface area (Å²) >= 11 is 0. The summed E-state index contributed by atoms with van der Waals surface area (Å²) in [5.74, 6) is 0.187. The molecular formula is C14H18N2O. The minimum Gasteiger partial charge on any atom is -0.337 e. The first kappa shape index (κ1) is 10.8. The van der Waals surface area contributed by atoms with Gasteiger partial charge in [-0.2, -0.15) is 0 Å². The Morgan fingerprint density at radius 2 is 2.12 bits per heavy atom. The second-order valence-electron chi connectivity index (χ2n) is 5.10. The highest BCUT2D eigenvalue weighted by atomic mass is 16.2. The molecule has 0 radical (unpaired) electrons. The van der Waals surface area contributed by atoms with E-state index in [0.717, 1.165) is 31.6 Å². The van der Waals surface area contributed by atoms with E-state index in [1.807, 2.05) is 30.1 Å². The van der Waals surface area contributed by atoms with Gasteiger partial charge in [0.05, 0.1) is 0 Å². The van der Waals surface area contributed by atoms with Crippen LogP contribution in [0.1, 0.15) is 28.8 Å². The molecule has 0 saturated carbocycles. The smallest absolute Gasteiger partial charge is 0.254 e. The minimum absolute atomic E-state index is 0.187. The molecule has 0 spiro atoms. The van der Waals surface area contributed by atoms with E-state index in [9.17, 15) is 4.79 Å². The molecule has 3 rings (SSSR count). The first-order valence-electron chi connectivity index (χ1n) is 6.33. The number of likely N-dealkylation sites (N-methyl/N-ethyl adjacent to an activating group) is 1. The van der Waals surface area contributed by atoms with Gasteiger partial charge in [0, 0.05) is 31.7 Å². The van der Waals surface area contributed by atoms with E-state index >= 15 is 0 Å². The third kappa shape index (κ3) is 1.84. The maximum absolute atomic E-state index is 12.4. The fourth-order valence-corrected chi connectivity index (χ4v) is 2.95. The number of benzene rings is 1. The van der Waals surface area contributed by atoms with Crippen LogP contribution >= 0.6 is 0 Å². The summed E-state index contributed by atoms with van der Waals surface area (Å²) in [6, 6.07) is 8.41. The van der Waals surface area contributed by atoms with Crippen molar-refractivity contribution in [2.24, 2.45) is 0 Å². The zero-order valence-corrected chi connectivity index (χ0v) is 10.2. The Kier molecular flexibility index (Phi) is 2.63. The number of rotatable bonds is 0. The Balaban J connectivity index is 2.04. The van der Waals surface area contributed by atoms with E-state index in [1.54, 1.807) is 0 Å². The molecule has 2 aliphatic rings. The van der Waals surface area contributed by atoms with Gasteiger partial charge >= 0.3 is 0 Å². The van der Waals surface area contributed by atoms with Crippen LogP contribution in [0.15, 0.2) is 24.3 Å². The number of fused-ring (bicyclic) bond motifs is 3. The molecule has 0 N–H and O–H groups in total. The second-order valence-corrected chi connectivity index (χ2v) is 5.10. The summed E-state index contributed by atoms with van der Waals surface area (Å²) in [6.45, 7) is 3.11. The number of carbonyl (C=O) groups is 1. The summed E-state index contributed by atoms with van der Waals surface area (Å²) in [5, 5.41) is 0. The third-order valence-corrected chi connectivity index (χ3v) is 3.99. The maximum Gasteiger partial charge on any atom is 0.254 e. The normalized spacial score (nSPS) is 28.3. The SMILES string of the molecule is CN1C(=O)c2ccccc2CN2CCC[C@H]1C2. The second kappa shape index (κ2) is 4.15. The Hall–Kier alpha value is -1.35. The average Bonchev–Trinajstić information content (AvgIpc) is 2.37. The number of amides is 1. The van der Waals surface area contributed by atoms with Crippen LogP contribution in [0.3, 0.4) is 0 Å². The molecule has 2 atom stereocenters. The van der Waals surface area contributed by atoms with Gasteiger partial charge in [-0.1, -0.05) is 18.2 Å². The monoisotopic (exact) mass is 230 g/mol. The molecule has 0 aromatic heterocycles. The number of carbonyl (C=O) groups excluding carboxylic acids is 1. The highest BCUT2D eigenvalue weighted by Crippen LogP contribution is 2.24. The summed E-state index contributed by atoms with van der Waals surface area (Å²) in [5.41, 5.74) is 2.05. The van der Waals surface area contributed by atoms with Crippen molar-refractivity contribution in [2.75, 3.05) is 20.1 Å². The van der Waals surface area contributed by atoms with Gasteiger partial charge in [0.2, 0.25) is 0 Å². The van der Waals surface area contributed by atoms with Crippen molar-refractivity contribution >= 4 is 5.91 Å². The Morgan fingerprint density at radius 3 is 3.00 bits per heavy atom. The number of nitrogens with zero attached hydrogens (tertiary/aromatic N) is 2. The van der Waals surface area contributed by atoms with Gasteiger partial charge in [0.25, 0.3) is 5.91 Å². The largest absolute Gasteiger partial charge is 0.337 e. The highest BCUT2D eigenvalue weighted by molar-refractivity contribution is 5.95. The molecule has 1 aromatic rings. The molecule has 1 fully saturated rings. The molecule has 1 unspecified atom stereocenters. The van der Waals surface area contributed by atoms with Crippen LogP contribution in [-0.4, -0.2) is 41.9 Å². The van der Waals surface area contributed by atoms with Crippen molar-refractivity contribution in [3.63, 3.8) is 0 Å². The molecule has 2 heterocycles. The summed E-state index contributed by atoms with van der Waals surface area (Å²) in [4.78, 5) is 16.8. The van der Waals surface area contributed by atoms with Gasteiger partial charge in [0.1, 0.15) is 0 Å². The first-order valence-corrected chi connectivity index (χ1v) is 6.33. The highest BCUT2D eigenvalue weighted by Gasteiger charge is 2.30. The van der Waals surface area contributed by atoms with E-state index in [1.165, 1.54) is 12.0 Å². The number of hydrogen-bond acceptors (Lipinski definition) is 2. The van der Waals surface area contributed by atoms with E-state index in [4.69, 9.17) is 0 Å². The van der Waals surface area contributed by atoms with Crippen LogP contribution < -0.4 is 0 Å². The van der Waals surface area contributed by atoms with Gasteiger partial charge in [-0.25, -0.2) is 0 Å². The molecule has 3 heteroatoms. The van der Waals surface area contributed by atoms with Crippen molar-refractivity contribution in [3.8, 4) is 0 Å². The molecule has 1 amide bonds. The molecular weight excluding hydrogens is 212 g/mol. The lowest BCUT2D eigenvalue weighted by atomic mass is 9.97. The van der Waals surface area contributed by atoms with Crippen LogP contribution in [0.5, 0.6) is 0 Å². The van der Waals surface area contributed by atoms with E-state index in [-0.39, 0.29) is 5.91 Å². The van der Waals surface area contributed by atoms with E-state index in [2.05, 4.69) is 11.0 Å². The van der Waals surface area contributed by atoms with Crippen molar-refractivity contribution in [3.05, 3.63) is 35.4 Å². The number of piperidine rings is 1. The lowest BCUT2D eigenvalue weighted by Crippen LogP contribution is -2.50. The number of hydrogen-bond donors (Lipinski definition) is 0. The first-order chi connectivity index (χ1) is 8.25. The van der Waals surface area contributed by atoms with Crippen molar-refractivity contribution < 1.29 is 4.79 Å². The lowest BCUT2D eigenvalue weighted by molar-refractivity contribution is 0.0576. The fraction of sp³-hybridized carbons (Fsp3) is 0.500. The summed E-state index contributed by atoms with van der Waals surface area (Å²) in [6.07, 6.45) is 2.34.